The lowest BCUT2D eigenvalue weighted by Crippen LogP contribution is -2.45. The Hall–Kier alpha value is -9.90. The molecule has 9 amide bonds. The highest BCUT2D eigenvalue weighted by Crippen LogP contribution is 2.34. The predicted molar refractivity (Wildman–Crippen MR) is 354 cm³/mol. The third-order valence-corrected chi connectivity index (χ3v) is 18.2. The molecule has 6 N–H and O–H groups in total. The highest BCUT2D eigenvalue weighted by Gasteiger charge is 2.42. The van der Waals surface area contributed by atoms with E-state index >= 15 is 0 Å². The molecule has 0 spiro atoms. The Morgan fingerprint density at radius 3 is 1.07 bits per heavy atom. The number of benzene rings is 3. The van der Waals surface area contributed by atoms with E-state index in [2.05, 4.69) is 63.1 Å². The van der Waals surface area contributed by atoms with Crippen LogP contribution in [0, 0.1) is 40.1 Å². The van der Waals surface area contributed by atoms with E-state index in [0.29, 0.717) is 64.4 Å². The van der Waals surface area contributed by atoms with Gasteiger partial charge < -0.3 is 46.6 Å². The average molecular weight is 1530 g/mol. The number of fused-ring (bicyclic) bond motifs is 9. The van der Waals surface area contributed by atoms with Crippen LogP contribution in [0.1, 0.15) is 97.1 Å². The molecule has 0 saturated carbocycles. The van der Waals surface area contributed by atoms with Gasteiger partial charge in [-0.2, -0.15) is 25.8 Å². The Kier molecular flexibility index (Phi) is 24.5. The molecule has 0 bridgehead atoms. The summed E-state index contributed by atoms with van der Waals surface area (Å²) in [5.41, 5.74) is 5.27. The Bertz CT molecular complexity index is 4120. The standard InChI is InChI=1S/2C22H24F3N7O3.C21H24BrF3N6O3/c2*1-12-5-18-16(11-31(12)22(34)28-14-3-4-17(23)13(6-14)7-26)20-21(33)30(2)35-15(10-32(20)29-18)8-27-9-19(24)25;1-11-5-17-14(10-30(11)21(33)27-12-3-4-16(23)15(22)6-12)19-20(32)29(2)34-13(9-31(19)28-17)7-26-8-18(24)25/h2*3-4,6,12,15,19,27H,5,8-11H2,1-2H3,(H,28,34);3-4,6,11,13,18,26H,5,7-10H2,1-2H3,(H,27,33)/t12-,15+;12-,15-;11-,13-/m111/s1. The number of nitrogens with zero attached hydrogens (tertiary/aromatic N) is 14. The number of amides is 9. The van der Waals surface area contributed by atoms with E-state index in [4.69, 9.17) is 25.0 Å². The fourth-order valence-corrected chi connectivity index (χ4v) is 12.9. The van der Waals surface area contributed by atoms with E-state index in [1.807, 2.05) is 20.8 Å². The zero-order valence-electron chi connectivity index (χ0n) is 56.7. The zero-order valence-corrected chi connectivity index (χ0v) is 58.3. The van der Waals surface area contributed by atoms with Crippen LogP contribution in [0.5, 0.6) is 0 Å². The van der Waals surface area contributed by atoms with E-state index in [-0.39, 0.29) is 115 Å². The Labute approximate surface area is 597 Å². The summed E-state index contributed by atoms with van der Waals surface area (Å²) in [5, 5.41) is 50.9. The molecule has 6 aliphatic heterocycles. The van der Waals surface area contributed by atoms with E-state index in [0.717, 1.165) is 27.3 Å². The number of carbonyl (C=O) groups is 6. The normalized spacial score (nSPS) is 19.9. The third-order valence-electron chi connectivity index (χ3n) is 17.6. The average Bonchev–Trinajstić information content (AvgIpc) is 1.62. The van der Waals surface area contributed by atoms with Crippen LogP contribution in [-0.4, -0.2) is 211 Å². The topological polar surface area (TPSA) is 323 Å². The van der Waals surface area contributed by atoms with Crippen molar-refractivity contribution >= 4 is 68.8 Å². The van der Waals surface area contributed by atoms with Gasteiger partial charge in [-0.1, -0.05) is 0 Å². The minimum atomic E-state index is -2.51. The predicted octanol–water partition coefficient (Wildman–Crippen LogP) is 7.23. The monoisotopic (exact) mass is 1530 g/mol. The molecule has 556 valence electrons. The summed E-state index contributed by atoms with van der Waals surface area (Å²) in [7, 11) is 4.34. The lowest BCUT2D eigenvalue weighted by Gasteiger charge is -2.33. The number of hydrogen-bond donors (Lipinski definition) is 6. The van der Waals surface area contributed by atoms with Crippen LogP contribution in [0.4, 0.5) is 71.0 Å². The van der Waals surface area contributed by atoms with Gasteiger partial charge in [0.1, 0.15) is 65.0 Å². The number of carbonyl (C=O) groups excluding carboxylic acids is 6. The van der Waals surface area contributed by atoms with Crippen LogP contribution in [0.15, 0.2) is 59.1 Å². The fourth-order valence-electron chi connectivity index (χ4n) is 12.6. The van der Waals surface area contributed by atoms with Crippen molar-refractivity contribution in [2.24, 2.45) is 0 Å². The van der Waals surface area contributed by atoms with Crippen molar-refractivity contribution in [2.75, 3.05) is 76.4 Å². The first-order valence-electron chi connectivity index (χ1n) is 32.6. The van der Waals surface area contributed by atoms with E-state index in [1.165, 1.54) is 87.5 Å². The van der Waals surface area contributed by atoms with Gasteiger partial charge in [0.25, 0.3) is 37.0 Å². The first-order valence-corrected chi connectivity index (χ1v) is 33.4. The maximum atomic E-state index is 13.6. The molecule has 39 heteroatoms. The second-order valence-corrected chi connectivity index (χ2v) is 26.0. The highest BCUT2D eigenvalue weighted by molar-refractivity contribution is 9.10. The lowest BCUT2D eigenvalue weighted by atomic mass is 9.99. The van der Waals surface area contributed by atoms with E-state index < -0.39 is 110 Å². The van der Waals surface area contributed by atoms with Gasteiger partial charge in [0.15, 0.2) is 0 Å². The number of hydroxylamine groups is 6. The van der Waals surface area contributed by atoms with Crippen LogP contribution >= 0.6 is 15.9 Å². The molecule has 0 saturated heterocycles. The molecule has 29 nitrogen and oxygen atoms in total. The number of rotatable bonds is 15. The van der Waals surface area contributed by atoms with Gasteiger partial charge in [0, 0.05) is 112 Å². The number of halogens is 10. The maximum Gasteiger partial charge on any atom is 0.322 e. The molecule has 6 aliphatic rings. The molecule has 0 unspecified atom stereocenters. The van der Waals surface area contributed by atoms with E-state index in [9.17, 15) is 68.3 Å². The number of nitriles is 2. The Morgan fingerprint density at radius 2 is 0.788 bits per heavy atom. The zero-order chi connectivity index (χ0) is 75.1. The van der Waals surface area contributed by atoms with Gasteiger partial charge in [0.2, 0.25) is 0 Å². The minimum Gasteiger partial charge on any atom is -0.317 e. The SMILES string of the molecule is C[C@@H]1Cc2nn3c(c2CN1C(=O)Nc1ccc(F)c(Br)c1)C(=O)N(C)O[C@H](CNCC(F)F)C3.C[C@@H]1Cc2nn3c(c2CN1C(=O)Nc1ccc(F)c(C#N)c1)C(=O)N(C)O[C@@H](CNCC(F)F)C3.C[C@@H]1Cc2nn3c(c2CN1C(=O)Nc1ccc(F)c(C#N)c1)C(=O)N(C)O[C@H](CNCC(F)F)C3. The number of alkyl halides is 6. The molecule has 3 aromatic carbocycles. The molecule has 9 heterocycles. The Balaban J connectivity index is 0.000000167. The van der Waals surface area contributed by atoms with Gasteiger partial charge in [-0.05, 0) is 91.3 Å². The van der Waals surface area contributed by atoms with Crippen molar-refractivity contribution in [1.29, 1.82) is 10.5 Å². The number of nitrogens with one attached hydrogen (secondary N) is 6. The third kappa shape index (κ3) is 17.8. The quantitative estimate of drug-likeness (QED) is 0.0552. The maximum absolute atomic E-state index is 13.6. The molecule has 0 aliphatic carbocycles. The van der Waals surface area contributed by atoms with Crippen molar-refractivity contribution < 1.29 is 82.8 Å². The largest absolute Gasteiger partial charge is 0.322 e. The second-order valence-electron chi connectivity index (χ2n) is 25.2. The van der Waals surface area contributed by atoms with Crippen LogP contribution in [0.25, 0.3) is 0 Å². The number of hydrogen-bond acceptors (Lipinski definition) is 17. The molecule has 12 rings (SSSR count). The van der Waals surface area contributed by atoms with Crippen molar-refractivity contribution in [3.8, 4) is 12.1 Å². The summed E-state index contributed by atoms with van der Waals surface area (Å²) >= 11 is 3.10. The number of aromatic nitrogens is 6. The first kappa shape index (κ1) is 76.7. The molecule has 0 radical (unpaired) electrons. The minimum absolute atomic E-state index is 0.0951. The van der Waals surface area contributed by atoms with Crippen LogP contribution in [-0.2, 0) is 73.0 Å². The molecule has 6 aromatic rings. The summed E-state index contributed by atoms with van der Waals surface area (Å²) in [6, 6.07) is 13.0. The summed E-state index contributed by atoms with van der Waals surface area (Å²) < 4.78 is 120. The first-order chi connectivity index (χ1) is 49.5. The van der Waals surface area contributed by atoms with Gasteiger partial charge in [0.05, 0.1) is 91.6 Å². The molecule has 6 atom stereocenters. The van der Waals surface area contributed by atoms with Crippen LogP contribution in [0.2, 0.25) is 0 Å². The molecule has 0 fully saturated rings. The number of urea groups is 3. The summed E-state index contributed by atoms with van der Waals surface area (Å²) in [6.45, 7) is 5.26. The lowest BCUT2D eigenvalue weighted by molar-refractivity contribution is -0.146. The molecular weight excluding hydrogens is 1460 g/mol. The van der Waals surface area contributed by atoms with Crippen molar-refractivity contribution in [1.82, 2.24) is 75.2 Å². The van der Waals surface area contributed by atoms with Crippen LogP contribution in [0.3, 0.4) is 0 Å². The summed E-state index contributed by atoms with van der Waals surface area (Å²) in [5.74, 6) is -3.15. The van der Waals surface area contributed by atoms with Gasteiger partial charge >= 0.3 is 18.1 Å². The van der Waals surface area contributed by atoms with Gasteiger partial charge in [-0.15, -0.1) is 0 Å². The second kappa shape index (κ2) is 33.3. The fraction of sp³-hybridized carbons (Fsp3) is 0.462. The van der Waals surface area contributed by atoms with E-state index in [1.54, 1.807) is 17.0 Å². The molecule has 104 heavy (non-hydrogen) atoms. The van der Waals surface area contributed by atoms with Crippen LogP contribution < -0.4 is 31.9 Å². The van der Waals surface area contributed by atoms with Crippen molar-refractivity contribution in [3.63, 3.8) is 0 Å². The van der Waals surface area contributed by atoms with Gasteiger partial charge in [-0.3, -0.25) is 42.9 Å². The van der Waals surface area contributed by atoms with Crippen molar-refractivity contribution in [2.45, 2.75) is 135 Å². The number of anilines is 3. The van der Waals surface area contributed by atoms with Gasteiger partial charge in [-0.25, -0.2) is 69.1 Å². The smallest absolute Gasteiger partial charge is 0.317 e. The summed E-state index contributed by atoms with van der Waals surface area (Å²) in [4.78, 5) is 99.7. The highest BCUT2D eigenvalue weighted by atomic mass is 79.9. The Morgan fingerprint density at radius 1 is 0.500 bits per heavy atom. The van der Waals surface area contributed by atoms with Crippen molar-refractivity contribution in [3.05, 3.63) is 139 Å². The summed E-state index contributed by atoms with van der Waals surface area (Å²) in [6.07, 6.45) is -8.08. The molecule has 3 aromatic heterocycles. The molecular formula is C65H72BrF9N20O9.